The van der Waals surface area contributed by atoms with Crippen LogP contribution >= 0.6 is 0 Å². The van der Waals surface area contributed by atoms with Crippen LogP contribution in [0.25, 0.3) is 0 Å². The van der Waals surface area contributed by atoms with Gasteiger partial charge in [0.05, 0.1) is 0 Å². The van der Waals surface area contributed by atoms with E-state index in [1.807, 2.05) is 0 Å². The first-order valence-corrected chi connectivity index (χ1v) is 8.99. The van der Waals surface area contributed by atoms with E-state index in [-0.39, 0.29) is 0 Å². The summed E-state index contributed by atoms with van der Waals surface area (Å²) in [5, 5.41) is 0. The molecule has 0 heterocycles. The fourth-order valence-electron chi connectivity index (χ4n) is 1.52. The van der Waals surface area contributed by atoms with Gasteiger partial charge in [0.15, 0.2) is 0 Å². The third-order valence-corrected chi connectivity index (χ3v) is 5.09. The molecule has 0 amide bonds. The molecule has 13 heavy (non-hydrogen) atoms. The van der Waals surface area contributed by atoms with Crippen LogP contribution in [0, 0.1) is 6.92 Å². The molecule has 0 rings (SSSR count). The van der Waals surface area contributed by atoms with Crippen LogP contribution in [-0.2, 0) is 0 Å². The maximum absolute atomic E-state index is 4.23. The number of unbranched alkanes of at least 4 members (excludes halogenated alkanes) is 5. The van der Waals surface area contributed by atoms with E-state index in [1.165, 1.54) is 44.9 Å². The summed E-state index contributed by atoms with van der Waals surface area (Å²) in [5.41, 5.74) is 0.811. The first-order valence-electron chi connectivity index (χ1n) is 6.01. The van der Waals surface area contributed by atoms with Crippen molar-refractivity contribution in [2.24, 2.45) is 0 Å². The lowest BCUT2D eigenvalue weighted by atomic mass is 10.1. The highest BCUT2D eigenvalue weighted by molar-refractivity contribution is 6.57. The summed E-state index contributed by atoms with van der Waals surface area (Å²) in [7, 11) is -0.441. The van der Waals surface area contributed by atoms with Crippen molar-refractivity contribution in [1.29, 1.82) is 0 Å². The first-order chi connectivity index (χ1) is 6.18. The van der Waals surface area contributed by atoms with Crippen LogP contribution in [-0.4, -0.2) is 8.80 Å². The minimum absolute atomic E-state index is 0.441. The molecular weight excluding hydrogens is 172 g/mol. The Kier molecular flexibility index (Phi) is 8.95. The predicted molar refractivity (Wildman–Crippen MR) is 66.0 cm³/mol. The summed E-state index contributed by atoms with van der Waals surface area (Å²) in [5.74, 6) is 0. The van der Waals surface area contributed by atoms with Crippen LogP contribution < -0.4 is 0 Å². The maximum Gasteiger partial charge on any atom is 0.0337 e. The largest absolute Gasteiger partial charge is 0.0720 e. The predicted octanol–water partition coefficient (Wildman–Crippen LogP) is 4.43. The van der Waals surface area contributed by atoms with Crippen LogP contribution in [0.15, 0.2) is 0 Å². The van der Waals surface area contributed by atoms with Crippen LogP contribution in [0.4, 0.5) is 0 Å². The van der Waals surface area contributed by atoms with Gasteiger partial charge in [-0.1, -0.05) is 71.9 Å². The van der Waals surface area contributed by atoms with Gasteiger partial charge >= 0.3 is 0 Å². The molecule has 0 fully saturated rings. The van der Waals surface area contributed by atoms with Crippen molar-refractivity contribution in [2.45, 2.75) is 70.5 Å². The summed E-state index contributed by atoms with van der Waals surface area (Å²) in [6.07, 6.45) is 9.91. The van der Waals surface area contributed by atoms with Gasteiger partial charge in [-0.05, 0) is 5.54 Å². The highest BCUT2D eigenvalue weighted by atomic mass is 28.3. The third-order valence-electron chi connectivity index (χ3n) is 2.87. The van der Waals surface area contributed by atoms with Gasteiger partial charge in [0.1, 0.15) is 0 Å². The quantitative estimate of drug-likeness (QED) is 0.401. The standard InChI is InChI=1S/C12H27Si/c1-5-6-7-8-9-10-11-12(2)13(3)4/h12-13H,2,5-11H2,1,3-4H3. The van der Waals surface area contributed by atoms with Crippen LogP contribution in [0.2, 0.25) is 18.6 Å². The molecule has 0 saturated carbocycles. The maximum atomic E-state index is 4.23. The van der Waals surface area contributed by atoms with E-state index in [0.717, 1.165) is 5.54 Å². The molecule has 0 aliphatic heterocycles. The Morgan fingerprint density at radius 2 is 1.54 bits per heavy atom. The molecule has 0 aromatic rings. The average molecular weight is 199 g/mol. The van der Waals surface area contributed by atoms with Crippen molar-refractivity contribution in [3.05, 3.63) is 6.92 Å². The lowest BCUT2D eigenvalue weighted by molar-refractivity contribution is 0.590. The van der Waals surface area contributed by atoms with Crippen molar-refractivity contribution >= 4 is 8.80 Å². The number of hydrogen-bond donors (Lipinski definition) is 0. The molecule has 0 nitrogen and oxygen atoms in total. The lowest BCUT2D eigenvalue weighted by Gasteiger charge is -2.13. The molecule has 1 unspecified atom stereocenters. The first kappa shape index (κ1) is 13.2. The molecule has 0 aliphatic rings. The van der Waals surface area contributed by atoms with Gasteiger partial charge in [0.25, 0.3) is 0 Å². The molecule has 79 valence electrons. The summed E-state index contributed by atoms with van der Waals surface area (Å²) in [4.78, 5) is 0. The van der Waals surface area contributed by atoms with Gasteiger partial charge in [-0.25, -0.2) is 0 Å². The van der Waals surface area contributed by atoms with E-state index in [2.05, 4.69) is 26.9 Å². The molecule has 1 radical (unpaired) electrons. The molecule has 0 bridgehead atoms. The molecule has 1 atom stereocenters. The zero-order chi connectivity index (χ0) is 10.1. The second-order valence-corrected chi connectivity index (χ2v) is 7.99. The number of rotatable bonds is 8. The Balaban J connectivity index is 3.07. The van der Waals surface area contributed by atoms with Crippen molar-refractivity contribution < 1.29 is 0 Å². The molecule has 1 heteroatoms. The van der Waals surface area contributed by atoms with Gasteiger partial charge < -0.3 is 0 Å². The monoisotopic (exact) mass is 199 g/mol. The minimum atomic E-state index is -0.441. The molecule has 0 aromatic carbocycles. The Hall–Kier alpha value is 0.217. The zero-order valence-corrected chi connectivity index (χ0v) is 11.0. The lowest BCUT2D eigenvalue weighted by Crippen LogP contribution is -2.08. The fourth-order valence-corrected chi connectivity index (χ4v) is 2.42. The van der Waals surface area contributed by atoms with E-state index in [1.54, 1.807) is 0 Å². The second kappa shape index (κ2) is 8.80. The summed E-state index contributed by atoms with van der Waals surface area (Å²) in [6.45, 7) is 11.3. The van der Waals surface area contributed by atoms with Gasteiger partial charge in [0, 0.05) is 8.80 Å². The van der Waals surface area contributed by atoms with Gasteiger partial charge in [-0.2, -0.15) is 0 Å². The van der Waals surface area contributed by atoms with E-state index < -0.39 is 8.80 Å². The van der Waals surface area contributed by atoms with E-state index in [9.17, 15) is 0 Å². The van der Waals surface area contributed by atoms with Crippen LogP contribution in [0.1, 0.15) is 51.9 Å². The third kappa shape index (κ3) is 8.54. The van der Waals surface area contributed by atoms with Crippen molar-refractivity contribution in [3.63, 3.8) is 0 Å². The topological polar surface area (TPSA) is 0 Å². The highest BCUT2D eigenvalue weighted by Gasteiger charge is 2.06. The Morgan fingerprint density at radius 1 is 1.00 bits per heavy atom. The average Bonchev–Trinajstić information content (AvgIpc) is 2.10. The minimum Gasteiger partial charge on any atom is -0.0720 e. The molecule has 0 aliphatic carbocycles. The molecule has 0 saturated heterocycles. The zero-order valence-electron chi connectivity index (χ0n) is 9.81. The molecular formula is C12H27Si. The SMILES string of the molecule is [CH2]C(CCCCCCCC)[SiH](C)C. The smallest absolute Gasteiger partial charge is 0.0337 e. The van der Waals surface area contributed by atoms with E-state index >= 15 is 0 Å². The molecule has 0 spiro atoms. The van der Waals surface area contributed by atoms with Crippen molar-refractivity contribution in [3.8, 4) is 0 Å². The van der Waals surface area contributed by atoms with Crippen molar-refractivity contribution in [1.82, 2.24) is 0 Å². The van der Waals surface area contributed by atoms with Crippen molar-refractivity contribution in [2.75, 3.05) is 0 Å². The Bertz CT molecular complexity index is 99.3. The van der Waals surface area contributed by atoms with Crippen LogP contribution in [0.5, 0.6) is 0 Å². The van der Waals surface area contributed by atoms with E-state index in [4.69, 9.17) is 0 Å². The molecule has 0 aromatic heterocycles. The number of hydrogen-bond acceptors (Lipinski definition) is 0. The second-order valence-electron chi connectivity index (χ2n) is 4.56. The van der Waals surface area contributed by atoms with E-state index in [0.29, 0.717) is 0 Å². The fraction of sp³-hybridized carbons (Fsp3) is 0.917. The normalized spacial score (nSPS) is 13.6. The summed E-state index contributed by atoms with van der Waals surface area (Å²) >= 11 is 0. The van der Waals surface area contributed by atoms with Gasteiger partial charge in [-0.3, -0.25) is 0 Å². The van der Waals surface area contributed by atoms with Gasteiger partial charge in [0.2, 0.25) is 0 Å². The summed E-state index contributed by atoms with van der Waals surface area (Å²) < 4.78 is 0. The van der Waals surface area contributed by atoms with Crippen LogP contribution in [0.3, 0.4) is 0 Å². The molecule has 0 N–H and O–H groups in total. The Labute approximate surface area is 86.7 Å². The highest BCUT2D eigenvalue weighted by Crippen LogP contribution is 2.18. The summed E-state index contributed by atoms with van der Waals surface area (Å²) in [6, 6.07) is 0. The van der Waals surface area contributed by atoms with Gasteiger partial charge in [-0.15, -0.1) is 0 Å². The Morgan fingerprint density at radius 3 is 2.08 bits per heavy atom.